The van der Waals surface area contributed by atoms with E-state index < -0.39 is 0 Å². The third-order valence-corrected chi connectivity index (χ3v) is 4.43. The van der Waals surface area contributed by atoms with Crippen LogP contribution >= 0.6 is 0 Å². The molecule has 1 aromatic rings. The number of rotatable bonds is 3. The van der Waals surface area contributed by atoms with Crippen molar-refractivity contribution in [2.75, 3.05) is 23.3 Å². The van der Waals surface area contributed by atoms with Crippen LogP contribution in [-0.2, 0) is 0 Å². The summed E-state index contributed by atoms with van der Waals surface area (Å²) >= 11 is 0. The average Bonchev–Trinajstić information content (AvgIpc) is 2.93. The van der Waals surface area contributed by atoms with Crippen molar-refractivity contribution in [3.63, 3.8) is 0 Å². The molecule has 2 aliphatic rings. The highest BCUT2D eigenvalue weighted by atomic mass is 15.2. The first kappa shape index (κ1) is 12.8. The van der Waals surface area contributed by atoms with Gasteiger partial charge in [-0.05, 0) is 50.7 Å². The second-order valence-electron chi connectivity index (χ2n) is 5.98. The molecule has 0 spiro atoms. The normalized spacial score (nSPS) is 27.5. The van der Waals surface area contributed by atoms with Crippen molar-refractivity contribution < 1.29 is 0 Å². The van der Waals surface area contributed by atoms with Gasteiger partial charge in [0.2, 0.25) is 0 Å². The van der Waals surface area contributed by atoms with E-state index in [0.717, 1.165) is 6.42 Å². The van der Waals surface area contributed by atoms with Crippen molar-refractivity contribution in [3.05, 3.63) is 24.3 Å². The Labute approximate surface area is 116 Å². The summed E-state index contributed by atoms with van der Waals surface area (Å²) in [4.78, 5) is 2.51. The molecule has 3 N–H and O–H groups in total. The third kappa shape index (κ3) is 3.03. The topological polar surface area (TPSA) is 41.3 Å². The quantitative estimate of drug-likeness (QED) is 0.877. The minimum absolute atomic E-state index is 0.380. The van der Waals surface area contributed by atoms with Crippen LogP contribution in [-0.4, -0.2) is 25.2 Å². The number of para-hydroxylation sites is 2. The van der Waals surface area contributed by atoms with Gasteiger partial charge in [0.15, 0.2) is 0 Å². The molecular formula is C16H25N3. The van der Waals surface area contributed by atoms with E-state index in [9.17, 15) is 0 Å². The maximum absolute atomic E-state index is 6.09. The molecule has 0 amide bonds. The van der Waals surface area contributed by atoms with Crippen LogP contribution in [0.1, 0.15) is 38.5 Å². The zero-order valence-corrected chi connectivity index (χ0v) is 11.6. The molecular weight excluding hydrogens is 234 g/mol. The number of hydrogen-bond acceptors (Lipinski definition) is 3. The summed E-state index contributed by atoms with van der Waals surface area (Å²) in [6, 6.07) is 9.66. The lowest BCUT2D eigenvalue weighted by Crippen LogP contribution is -2.35. The van der Waals surface area contributed by atoms with E-state index in [0.29, 0.717) is 12.1 Å². The molecule has 104 valence electrons. The maximum Gasteiger partial charge on any atom is 0.0602 e. The van der Waals surface area contributed by atoms with Crippen molar-refractivity contribution in [3.8, 4) is 0 Å². The Morgan fingerprint density at radius 3 is 2.63 bits per heavy atom. The van der Waals surface area contributed by atoms with Gasteiger partial charge in [-0.25, -0.2) is 0 Å². The minimum Gasteiger partial charge on any atom is -0.381 e. The van der Waals surface area contributed by atoms with Crippen molar-refractivity contribution >= 4 is 11.4 Å². The second kappa shape index (κ2) is 5.83. The van der Waals surface area contributed by atoms with Crippen molar-refractivity contribution in [2.24, 2.45) is 5.73 Å². The first-order valence-electron chi connectivity index (χ1n) is 7.69. The fraction of sp³-hybridized carbons (Fsp3) is 0.625. The Kier molecular flexibility index (Phi) is 3.92. The number of nitrogens with zero attached hydrogens (tertiary/aromatic N) is 1. The van der Waals surface area contributed by atoms with Gasteiger partial charge in [0.1, 0.15) is 0 Å². The summed E-state index contributed by atoms with van der Waals surface area (Å²) in [7, 11) is 0. The molecule has 3 heteroatoms. The second-order valence-corrected chi connectivity index (χ2v) is 5.98. The molecule has 2 atom stereocenters. The summed E-state index contributed by atoms with van der Waals surface area (Å²) in [6.45, 7) is 2.39. The van der Waals surface area contributed by atoms with Crippen LogP contribution in [0.15, 0.2) is 24.3 Å². The van der Waals surface area contributed by atoms with E-state index in [1.54, 1.807) is 0 Å². The lowest BCUT2D eigenvalue weighted by Gasteiger charge is -2.30. The fourth-order valence-electron chi connectivity index (χ4n) is 3.41. The van der Waals surface area contributed by atoms with Gasteiger partial charge in [-0.1, -0.05) is 12.1 Å². The Balaban J connectivity index is 1.72. The highest BCUT2D eigenvalue weighted by molar-refractivity contribution is 5.70. The van der Waals surface area contributed by atoms with E-state index >= 15 is 0 Å². The first-order valence-corrected chi connectivity index (χ1v) is 7.69. The number of hydrogen-bond donors (Lipinski definition) is 2. The lowest BCUT2D eigenvalue weighted by molar-refractivity contribution is 0.409. The zero-order chi connectivity index (χ0) is 13.1. The Morgan fingerprint density at radius 1 is 1.05 bits per heavy atom. The SMILES string of the molecule is NC1CCCC(Nc2ccccc2N2CCCC2)C1. The molecule has 1 saturated heterocycles. The van der Waals surface area contributed by atoms with E-state index in [1.807, 2.05) is 0 Å². The fourth-order valence-corrected chi connectivity index (χ4v) is 3.41. The van der Waals surface area contributed by atoms with Crippen LogP contribution in [0.5, 0.6) is 0 Å². The minimum atomic E-state index is 0.380. The number of benzene rings is 1. The number of anilines is 2. The smallest absolute Gasteiger partial charge is 0.0602 e. The third-order valence-electron chi connectivity index (χ3n) is 4.43. The van der Waals surface area contributed by atoms with Gasteiger partial charge in [-0.2, -0.15) is 0 Å². The molecule has 1 heterocycles. The van der Waals surface area contributed by atoms with Gasteiger partial charge < -0.3 is 16.0 Å². The largest absolute Gasteiger partial charge is 0.381 e. The molecule has 3 nitrogen and oxygen atoms in total. The van der Waals surface area contributed by atoms with Crippen LogP contribution in [0.2, 0.25) is 0 Å². The Morgan fingerprint density at radius 2 is 1.84 bits per heavy atom. The van der Waals surface area contributed by atoms with E-state index in [-0.39, 0.29) is 0 Å². The molecule has 1 saturated carbocycles. The molecule has 0 aromatic heterocycles. The van der Waals surface area contributed by atoms with Crippen LogP contribution in [0.3, 0.4) is 0 Å². The van der Waals surface area contributed by atoms with Crippen LogP contribution < -0.4 is 16.0 Å². The highest BCUT2D eigenvalue weighted by Crippen LogP contribution is 2.31. The van der Waals surface area contributed by atoms with Crippen molar-refractivity contribution in [1.29, 1.82) is 0 Å². The Hall–Kier alpha value is -1.22. The van der Waals surface area contributed by atoms with Crippen molar-refractivity contribution in [1.82, 2.24) is 0 Å². The van der Waals surface area contributed by atoms with E-state index in [2.05, 4.69) is 34.5 Å². The maximum atomic E-state index is 6.09. The van der Waals surface area contributed by atoms with E-state index in [1.165, 1.54) is 56.6 Å². The summed E-state index contributed by atoms with van der Waals surface area (Å²) in [5, 5.41) is 3.74. The van der Waals surface area contributed by atoms with Gasteiger partial charge in [0, 0.05) is 25.2 Å². The molecule has 2 unspecified atom stereocenters. The number of nitrogens with one attached hydrogen (secondary N) is 1. The highest BCUT2D eigenvalue weighted by Gasteiger charge is 2.21. The van der Waals surface area contributed by atoms with Gasteiger partial charge in [-0.3, -0.25) is 0 Å². The van der Waals surface area contributed by atoms with Crippen LogP contribution in [0.25, 0.3) is 0 Å². The predicted molar refractivity (Wildman–Crippen MR) is 81.7 cm³/mol. The molecule has 3 rings (SSSR count). The zero-order valence-electron chi connectivity index (χ0n) is 11.6. The standard InChI is InChI=1S/C16H25N3/c17-13-6-5-7-14(12-13)18-15-8-1-2-9-16(15)19-10-3-4-11-19/h1-2,8-9,13-14,18H,3-7,10-12,17H2. The van der Waals surface area contributed by atoms with Gasteiger partial charge in [-0.15, -0.1) is 0 Å². The summed E-state index contributed by atoms with van der Waals surface area (Å²) in [6.07, 6.45) is 7.44. The van der Waals surface area contributed by atoms with Gasteiger partial charge in [0.25, 0.3) is 0 Å². The lowest BCUT2D eigenvalue weighted by atomic mass is 9.91. The molecule has 0 radical (unpaired) electrons. The van der Waals surface area contributed by atoms with E-state index in [4.69, 9.17) is 5.73 Å². The molecule has 0 bridgehead atoms. The van der Waals surface area contributed by atoms with Crippen LogP contribution in [0, 0.1) is 0 Å². The monoisotopic (exact) mass is 259 g/mol. The molecule has 2 fully saturated rings. The summed E-state index contributed by atoms with van der Waals surface area (Å²) in [5.41, 5.74) is 8.76. The predicted octanol–water partition coefficient (Wildman–Crippen LogP) is 2.97. The average molecular weight is 259 g/mol. The summed E-state index contributed by atoms with van der Waals surface area (Å²) in [5.74, 6) is 0. The Bertz CT molecular complexity index is 412. The van der Waals surface area contributed by atoms with Gasteiger partial charge >= 0.3 is 0 Å². The first-order chi connectivity index (χ1) is 9.33. The number of nitrogens with two attached hydrogens (primary N) is 1. The molecule has 1 aliphatic carbocycles. The molecule has 1 aliphatic heterocycles. The van der Waals surface area contributed by atoms with Gasteiger partial charge in [0.05, 0.1) is 11.4 Å². The van der Waals surface area contributed by atoms with Crippen LogP contribution in [0.4, 0.5) is 11.4 Å². The molecule has 1 aromatic carbocycles. The summed E-state index contributed by atoms with van der Waals surface area (Å²) < 4.78 is 0. The van der Waals surface area contributed by atoms with Crippen molar-refractivity contribution in [2.45, 2.75) is 50.6 Å². The molecule has 19 heavy (non-hydrogen) atoms.